The fraction of sp³-hybridized carbons (Fsp3) is 0.308. The van der Waals surface area contributed by atoms with Crippen molar-refractivity contribution in [2.75, 3.05) is 7.11 Å². The molecule has 94 valence electrons. The normalized spacial score (nSPS) is 12.4. The Morgan fingerprint density at radius 3 is 2.83 bits per heavy atom. The third-order valence-corrected chi connectivity index (χ3v) is 3.13. The summed E-state index contributed by atoms with van der Waals surface area (Å²) in [5.41, 5.74) is 2.89. The van der Waals surface area contributed by atoms with Gasteiger partial charge < -0.3 is 4.74 Å². The van der Waals surface area contributed by atoms with E-state index in [2.05, 4.69) is 9.97 Å². The average Bonchev–Trinajstić information content (AvgIpc) is 2.36. The van der Waals surface area contributed by atoms with E-state index in [1.165, 1.54) is 13.3 Å². The minimum Gasteiger partial charge on any atom is -0.469 e. The number of carbonyl (C=O) groups is 1. The first-order valence-corrected chi connectivity index (χ1v) is 5.92. The van der Waals surface area contributed by atoms with Crippen LogP contribution in [0, 0.1) is 6.92 Å². The van der Waals surface area contributed by atoms with Gasteiger partial charge in [-0.05, 0) is 26.0 Å². The number of aryl methyl sites for hydroxylation is 1. The topological polar surface area (TPSA) is 52.1 Å². The smallest absolute Gasteiger partial charge is 0.312 e. The number of nitrogens with zero attached hydrogens (tertiary/aromatic N) is 2. The van der Waals surface area contributed by atoms with Crippen LogP contribution in [-0.2, 0) is 9.53 Å². The molecule has 0 aliphatic heterocycles. The number of hydrogen-bond donors (Lipinski definition) is 0. The second kappa shape index (κ2) is 4.90. The Morgan fingerprint density at radius 1 is 1.44 bits per heavy atom. The number of methoxy groups -OCH3 is 1. The van der Waals surface area contributed by atoms with Crippen molar-refractivity contribution in [2.24, 2.45) is 0 Å². The molecule has 2 heterocycles. The Morgan fingerprint density at radius 2 is 2.17 bits per heavy atom. The molecular formula is C13H13ClN2O2. The van der Waals surface area contributed by atoms with Crippen LogP contribution in [0.15, 0.2) is 18.3 Å². The molecule has 0 fully saturated rings. The van der Waals surface area contributed by atoms with Crippen molar-refractivity contribution in [1.82, 2.24) is 9.97 Å². The van der Waals surface area contributed by atoms with E-state index in [1.807, 2.05) is 19.1 Å². The Hall–Kier alpha value is -1.68. The summed E-state index contributed by atoms with van der Waals surface area (Å²) in [6.45, 7) is 3.63. The summed E-state index contributed by atoms with van der Waals surface area (Å²) in [6, 6.07) is 3.73. The van der Waals surface area contributed by atoms with Crippen LogP contribution in [0.2, 0.25) is 5.02 Å². The van der Waals surface area contributed by atoms with E-state index in [9.17, 15) is 4.79 Å². The highest BCUT2D eigenvalue weighted by molar-refractivity contribution is 6.32. The number of aromatic nitrogens is 2. The summed E-state index contributed by atoms with van der Waals surface area (Å²) >= 11 is 6.14. The lowest BCUT2D eigenvalue weighted by atomic mass is 10.00. The standard InChI is InChI=1S/C13H13ClN2O2/c1-7-4-5-10-12(16-7)11(9(14)6-15-10)8(2)13(17)18-3/h4-6,8H,1-3H3. The van der Waals surface area contributed by atoms with Crippen molar-refractivity contribution < 1.29 is 9.53 Å². The van der Waals surface area contributed by atoms with Gasteiger partial charge in [0.15, 0.2) is 0 Å². The molecule has 2 rings (SSSR count). The fourth-order valence-corrected chi connectivity index (χ4v) is 2.17. The first-order valence-electron chi connectivity index (χ1n) is 5.54. The molecule has 0 bridgehead atoms. The van der Waals surface area contributed by atoms with Gasteiger partial charge in [-0.2, -0.15) is 0 Å². The molecule has 1 unspecified atom stereocenters. The minimum absolute atomic E-state index is 0.340. The van der Waals surface area contributed by atoms with Gasteiger partial charge in [0.1, 0.15) is 0 Å². The molecule has 0 saturated heterocycles. The molecule has 0 aliphatic rings. The largest absolute Gasteiger partial charge is 0.469 e. The maximum absolute atomic E-state index is 11.7. The number of esters is 1. The third-order valence-electron chi connectivity index (χ3n) is 2.83. The van der Waals surface area contributed by atoms with Crippen LogP contribution in [0.4, 0.5) is 0 Å². The van der Waals surface area contributed by atoms with Crippen LogP contribution in [0.3, 0.4) is 0 Å². The van der Waals surface area contributed by atoms with Gasteiger partial charge in [0.25, 0.3) is 0 Å². The molecule has 0 spiro atoms. The summed E-state index contributed by atoms with van der Waals surface area (Å²) < 4.78 is 4.75. The van der Waals surface area contributed by atoms with E-state index in [4.69, 9.17) is 16.3 Å². The van der Waals surface area contributed by atoms with Gasteiger partial charge in [-0.3, -0.25) is 14.8 Å². The molecule has 2 aromatic heterocycles. The molecule has 0 aromatic carbocycles. The second-order valence-electron chi connectivity index (χ2n) is 4.09. The lowest BCUT2D eigenvalue weighted by Gasteiger charge is -2.13. The quantitative estimate of drug-likeness (QED) is 0.783. The Bertz CT molecular complexity index is 608. The minimum atomic E-state index is -0.470. The fourth-order valence-electron chi connectivity index (χ4n) is 1.87. The van der Waals surface area contributed by atoms with Gasteiger partial charge in [-0.1, -0.05) is 11.6 Å². The Kier molecular flexibility index (Phi) is 3.48. The zero-order valence-electron chi connectivity index (χ0n) is 10.4. The van der Waals surface area contributed by atoms with Gasteiger partial charge in [-0.15, -0.1) is 0 Å². The summed E-state index contributed by atoms with van der Waals surface area (Å²) in [5.74, 6) is -0.810. The van der Waals surface area contributed by atoms with Crippen molar-refractivity contribution in [3.05, 3.63) is 34.6 Å². The van der Waals surface area contributed by atoms with Gasteiger partial charge in [0, 0.05) is 17.5 Å². The summed E-state index contributed by atoms with van der Waals surface area (Å²) in [6.07, 6.45) is 1.54. The monoisotopic (exact) mass is 264 g/mol. The highest BCUT2D eigenvalue weighted by Gasteiger charge is 2.22. The molecule has 1 atom stereocenters. The van der Waals surface area contributed by atoms with Crippen LogP contribution in [-0.4, -0.2) is 23.0 Å². The number of halogens is 1. The zero-order valence-corrected chi connectivity index (χ0v) is 11.2. The Balaban J connectivity index is 2.71. The van der Waals surface area contributed by atoms with E-state index < -0.39 is 5.92 Å². The van der Waals surface area contributed by atoms with E-state index >= 15 is 0 Å². The molecule has 18 heavy (non-hydrogen) atoms. The first kappa shape index (κ1) is 12.8. The van der Waals surface area contributed by atoms with Crippen molar-refractivity contribution in [2.45, 2.75) is 19.8 Å². The molecule has 5 heteroatoms. The highest BCUT2D eigenvalue weighted by atomic mass is 35.5. The number of hydrogen-bond acceptors (Lipinski definition) is 4. The van der Waals surface area contributed by atoms with Crippen LogP contribution in [0.1, 0.15) is 24.1 Å². The van der Waals surface area contributed by atoms with Crippen molar-refractivity contribution in [1.29, 1.82) is 0 Å². The summed E-state index contributed by atoms with van der Waals surface area (Å²) in [4.78, 5) is 20.3. The van der Waals surface area contributed by atoms with Crippen LogP contribution in [0.5, 0.6) is 0 Å². The van der Waals surface area contributed by atoms with Crippen molar-refractivity contribution in [3.8, 4) is 0 Å². The van der Waals surface area contributed by atoms with E-state index in [-0.39, 0.29) is 5.97 Å². The van der Waals surface area contributed by atoms with Gasteiger partial charge in [0.05, 0.1) is 29.1 Å². The third kappa shape index (κ3) is 2.16. The Labute approximate surface area is 110 Å². The SMILES string of the molecule is COC(=O)C(C)c1c(Cl)cnc2ccc(C)nc12. The number of fused-ring (bicyclic) bond motifs is 1. The van der Waals surface area contributed by atoms with Crippen LogP contribution in [0.25, 0.3) is 11.0 Å². The predicted molar refractivity (Wildman–Crippen MR) is 69.7 cm³/mol. The molecule has 4 nitrogen and oxygen atoms in total. The van der Waals surface area contributed by atoms with Crippen LogP contribution >= 0.6 is 11.6 Å². The number of carbonyl (C=O) groups excluding carboxylic acids is 1. The molecule has 0 radical (unpaired) electrons. The average molecular weight is 265 g/mol. The summed E-state index contributed by atoms with van der Waals surface area (Å²) in [5, 5.41) is 0.429. The molecule has 0 aliphatic carbocycles. The number of ether oxygens (including phenoxy) is 1. The lowest BCUT2D eigenvalue weighted by molar-refractivity contribution is -0.141. The first-order chi connectivity index (χ1) is 8.54. The number of rotatable bonds is 2. The predicted octanol–water partition coefficient (Wildman–Crippen LogP) is 2.87. The molecule has 2 aromatic rings. The van der Waals surface area contributed by atoms with Gasteiger partial charge >= 0.3 is 5.97 Å². The maximum Gasteiger partial charge on any atom is 0.312 e. The van der Waals surface area contributed by atoms with E-state index in [0.29, 0.717) is 16.1 Å². The zero-order chi connectivity index (χ0) is 13.3. The highest BCUT2D eigenvalue weighted by Crippen LogP contribution is 2.30. The van der Waals surface area contributed by atoms with Crippen molar-refractivity contribution in [3.63, 3.8) is 0 Å². The van der Waals surface area contributed by atoms with E-state index in [1.54, 1.807) is 6.92 Å². The molecule has 0 N–H and O–H groups in total. The maximum atomic E-state index is 11.7. The lowest BCUT2D eigenvalue weighted by Crippen LogP contribution is -2.12. The van der Waals surface area contributed by atoms with Gasteiger partial charge in [0.2, 0.25) is 0 Å². The summed E-state index contributed by atoms with van der Waals surface area (Å²) in [7, 11) is 1.36. The number of pyridine rings is 2. The van der Waals surface area contributed by atoms with E-state index in [0.717, 1.165) is 11.2 Å². The van der Waals surface area contributed by atoms with Crippen LogP contribution < -0.4 is 0 Å². The molecule has 0 amide bonds. The van der Waals surface area contributed by atoms with Gasteiger partial charge in [-0.25, -0.2) is 0 Å². The molecular weight excluding hydrogens is 252 g/mol. The molecule has 0 saturated carbocycles. The second-order valence-corrected chi connectivity index (χ2v) is 4.49. The van der Waals surface area contributed by atoms with Crippen molar-refractivity contribution >= 4 is 28.6 Å².